The van der Waals surface area contributed by atoms with Crippen LogP contribution in [0, 0.1) is 0 Å². The van der Waals surface area contributed by atoms with E-state index >= 15 is 0 Å². The van der Waals surface area contributed by atoms with E-state index in [1.807, 2.05) is 30.3 Å². The van der Waals surface area contributed by atoms with Gasteiger partial charge in [-0.05, 0) is 48.9 Å². The summed E-state index contributed by atoms with van der Waals surface area (Å²) in [4.78, 5) is 0. The van der Waals surface area contributed by atoms with Crippen LogP contribution in [0.25, 0.3) is 11.1 Å². The number of ether oxygens (including phenoxy) is 1. The van der Waals surface area contributed by atoms with Gasteiger partial charge in [0.15, 0.2) is 0 Å². The topological polar surface area (TPSA) is 29.5 Å². The van der Waals surface area contributed by atoms with Crippen LogP contribution in [0.1, 0.15) is 25.7 Å². The van der Waals surface area contributed by atoms with Gasteiger partial charge in [-0.25, -0.2) is 0 Å². The number of nitrogens with zero attached hydrogens (tertiary/aromatic N) is 1. The number of likely N-dealkylation sites (N-methyl/N-ethyl adjacent to an activating group) is 1. The van der Waals surface area contributed by atoms with Crippen molar-refractivity contribution in [1.29, 1.82) is 0 Å². The predicted molar refractivity (Wildman–Crippen MR) is 103 cm³/mol. The van der Waals surface area contributed by atoms with Crippen LogP contribution in [0.5, 0.6) is 5.75 Å². The maximum Gasteiger partial charge on any atom is 0.137 e. The molecular formula is C22H30NO2+. The Morgan fingerprint density at radius 1 is 0.880 bits per heavy atom. The maximum absolute atomic E-state index is 10.4. The average Bonchev–Trinajstić information content (AvgIpc) is 2.85. The van der Waals surface area contributed by atoms with Crippen molar-refractivity contribution in [3.05, 3.63) is 54.6 Å². The summed E-state index contributed by atoms with van der Waals surface area (Å²) in [6.07, 6.45) is 4.77. The summed E-state index contributed by atoms with van der Waals surface area (Å²) in [5, 5.41) is 10.4. The molecule has 1 saturated heterocycles. The molecule has 25 heavy (non-hydrogen) atoms. The fraction of sp³-hybridized carbons (Fsp3) is 0.455. The Balaban J connectivity index is 1.51. The van der Waals surface area contributed by atoms with Gasteiger partial charge < -0.3 is 14.3 Å². The van der Waals surface area contributed by atoms with Crippen LogP contribution in [0.15, 0.2) is 54.6 Å². The van der Waals surface area contributed by atoms with Crippen LogP contribution in [0.2, 0.25) is 0 Å². The van der Waals surface area contributed by atoms with Gasteiger partial charge in [0.2, 0.25) is 0 Å². The molecule has 3 nitrogen and oxygen atoms in total. The molecule has 1 heterocycles. The van der Waals surface area contributed by atoms with Gasteiger partial charge in [-0.3, -0.25) is 0 Å². The SMILES string of the molecule is C[N+]1(CC(O)COc2ccc(-c3ccccc3)cc2)CCCCCC1. The zero-order valence-corrected chi connectivity index (χ0v) is 15.2. The smallest absolute Gasteiger partial charge is 0.137 e. The third kappa shape index (κ3) is 5.32. The van der Waals surface area contributed by atoms with E-state index in [1.54, 1.807) is 0 Å². The lowest BCUT2D eigenvalue weighted by molar-refractivity contribution is -0.911. The van der Waals surface area contributed by atoms with Crippen molar-refractivity contribution in [1.82, 2.24) is 0 Å². The summed E-state index contributed by atoms with van der Waals surface area (Å²) in [6, 6.07) is 18.4. The zero-order valence-electron chi connectivity index (χ0n) is 15.2. The summed E-state index contributed by atoms with van der Waals surface area (Å²) < 4.78 is 6.79. The highest BCUT2D eigenvalue weighted by Crippen LogP contribution is 2.22. The molecule has 0 saturated carbocycles. The monoisotopic (exact) mass is 340 g/mol. The second-order valence-electron chi connectivity index (χ2n) is 7.52. The van der Waals surface area contributed by atoms with Crippen molar-refractivity contribution in [2.24, 2.45) is 0 Å². The number of likely N-dealkylation sites (tertiary alicyclic amines) is 1. The molecule has 1 atom stereocenters. The highest BCUT2D eigenvalue weighted by Gasteiger charge is 2.26. The summed E-state index contributed by atoms with van der Waals surface area (Å²) >= 11 is 0. The molecule has 1 fully saturated rings. The summed E-state index contributed by atoms with van der Waals surface area (Å²) in [5.41, 5.74) is 2.38. The highest BCUT2D eigenvalue weighted by atomic mass is 16.5. The lowest BCUT2D eigenvalue weighted by Crippen LogP contribution is -2.50. The number of hydrogen-bond acceptors (Lipinski definition) is 2. The second kappa shape index (κ2) is 8.50. The minimum atomic E-state index is -0.420. The van der Waals surface area contributed by atoms with Crippen molar-refractivity contribution < 1.29 is 14.3 Å². The molecule has 0 aromatic heterocycles. The largest absolute Gasteiger partial charge is 0.491 e. The molecule has 0 spiro atoms. The normalized spacial score (nSPS) is 18.3. The number of aliphatic hydroxyl groups is 1. The number of quaternary nitrogens is 1. The molecule has 0 radical (unpaired) electrons. The molecule has 1 aliphatic rings. The Kier molecular flexibility index (Phi) is 6.11. The van der Waals surface area contributed by atoms with Crippen LogP contribution in [0.4, 0.5) is 0 Å². The Morgan fingerprint density at radius 3 is 2.12 bits per heavy atom. The van der Waals surface area contributed by atoms with Crippen molar-refractivity contribution in [2.75, 3.05) is 33.3 Å². The first-order valence-electron chi connectivity index (χ1n) is 9.45. The van der Waals surface area contributed by atoms with E-state index in [-0.39, 0.29) is 0 Å². The van der Waals surface area contributed by atoms with Gasteiger partial charge in [0.1, 0.15) is 25.0 Å². The van der Waals surface area contributed by atoms with Crippen molar-refractivity contribution in [2.45, 2.75) is 31.8 Å². The number of rotatable bonds is 6. The molecule has 2 aromatic rings. The van der Waals surface area contributed by atoms with Gasteiger partial charge in [-0.2, -0.15) is 0 Å². The van der Waals surface area contributed by atoms with Crippen molar-refractivity contribution in [3.8, 4) is 16.9 Å². The molecule has 1 N–H and O–H groups in total. The van der Waals surface area contributed by atoms with Gasteiger partial charge in [0.05, 0.1) is 20.1 Å². The van der Waals surface area contributed by atoms with Gasteiger partial charge in [-0.15, -0.1) is 0 Å². The highest BCUT2D eigenvalue weighted by molar-refractivity contribution is 5.63. The lowest BCUT2D eigenvalue weighted by Gasteiger charge is -2.35. The zero-order chi connectivity index (χ0) is 17.5. The van der Waals surface area contributed by atoms with Crippen LogP contribution in [0.3, 0.4) is 0 Å². The molecule has 3 rings (SSSR count). The van der Waals surface area contributed by atoms with Gasteiger partial charge in [0, 0.05) is 0 Å². The first-order valence-corrected chi connectivity index (χ1v) is 9.45. The lowest BCUT2D eigenvalue weighted by atomic mass is 10.1. The van der Waals surface area contributed by atoms with Gasteiger partial charge in [0.25, 0.3) is 0 Å². The molecular weight excluding hydrogens is 310 g/mol. The Hall–Kier alpha value is -1.84. The maximum atomic E-state index is 10.4. The van der Waals surface area contributed by atoms with E-state index in [1.165, 1.54) is 49.9 Å². The van der Waals surface area contributed by atoms with Crippen LogP contribution in [-0.4, -0.2) is 49.0 Å². The first-order chi connectivity index (χ1) is 12.1. The van der Waals surface area contributed by atoms with E-state index < -0.39 is 6.10 Å². The third-order valence-electron chi connectivity index (χ3n) is 5.20. The predicted octanol–water partition coefficient (Wildman–Crippen LogP) is 4.11. The molecule has 1 aliphatic heterocycles. The Bertz CT molecular complexity index is 631. The molecule has 0 aliphatic carbocycles. The Morgan fingerprint density at radius 2 is 1.48 bits per heavy atom. The van der Waals surface area contributed by atoms with Crippen LogP contribution in [-0.2, 0) is 0 Å². The minimum Gasteiger partial charge on any atom is -0.491 e. The molecule has 134 valence electrons. The second-order valence-corrected chi connectivity index (χ2v) is 7.52. The van der Waals surface area contributed by atoms with Gasteiger partial charge in [-0.1, -0.05) is 42.5 Å². The summed E-state index contributed by atoms with van der Waals surface area (Å²) in [7, 11) is 2.27. The van der Waals surface area contributed by atoms with Gasteiger partial charge >= 0.3 is 0 Å². The molecule has 0 amide bonds. The molecule has 2 aromatic carbocycles. The van der Waals surface area contributed by atoms with E-state index in [9.17, 15) is 5.11 Å². The third-order valence-corrected chi connectivity index (χ3v) is 5.20. The van der Waals surface area contributed by atoms with E-state index in [0.29, 0.717) is 6.61 Å². The summed E-state index contributed by atoms with van der Waals surface area (Å²) in [6.45, 7) is 3.48. The van der Waals surface area contributed by atoms with Crippen molar-refractivity contribution >= 4 is 0 Å². The standard InChI is InChI=1S/C22H30NO2/c1-23(15-7-2-3-8-16-23)17-21(24)18-25-22-13-11-20(12-14-22)19-9-5-4-6-10-19/h4-6,9-14,21,24H,2-3,7-8,15-18H2,1H3/q+1. The molecule has 3 heteroatoms. The Labute approximate surface area is 151 Å². The number of hydrogen-bond donors (Lipinski definition) is 1. The van der Waals surface area contributed by atoms with E-state index in [0.717, 1.165) is 16.8 Å². The fourth-order valence-corrected chi connectivity index (χ4v) is 3.76. The van der Waals surface area contributed by atoms with Crippen LogP contribution >= 0.6 is 0 Å². The van der Waals surface area contributed by atoms with E-state index in [4.69, 9.17) is 4.74 Å². The van der Waals surface area contributed by atoms with Crippen molar-refractivity contribution in [3.63, 3.8) is 0 Å². The summed E-state index contributed by atoms with van der Waals surface area (Å²) in [5.74, 6) is 0.817. The fourth-order valence-electron chi connectivity index (χ4n) is 3.76. The van der Waals surface area contributed by atoms with Crippen LogP contribution < -0.4 is 4.74 Å². The number of aliphatic hydroxyl groups excluding tert-OH is 1. The minimum absolute atomic E-state index is 0.360. The van der Waals surface area contributed by atoms with E-state index in [2.05, 4.69) is 31.3 Å². The average molecular weight is 340 g/mol. The first kappa shape index (κ1) is 18.0. The quantitative estimate of drug-likeness (QED) is 0.802. The number of benzene rings is 2. The molecule has 1 unspecified atom stereocenters. The molecule has 0 bridgehead atoms.